The molecular weight excluding hydrogens is 893 g/mol. The molecule has 364 valence electrons. The minimum atomic E-state index is -0.530. The number of thiophene rings is 1. The zero-order valence-electron chi connectivity index (χ0n) is 39.3. The van der Waals surface area contributed by atoms with Crippen molar-refractivity contribution in [3.05, 3.63) is 64.4 Å². The number of aromatic nitrogens is 4. The van der Waals surface area contributed by atoms with Crippen molar-refractivity contribution in [2.45, 2.75) is 90.6 Å². The number of carbonyl (C=O) groups excluding carboxylic acids is 2. The number of nitrogens with one attached hydrogen (secondary N) is 1. The number of piperazine rings is 2. The van der Waals surface area contributed by atoms with Crippen molar-refractivity contribution >= 4 is 40.8 Å². The van der Waals surface area contributed by atoms with Crippen LogP contribution in [0.15, 0.2) is 42.2 Å². The lowest BCUT2D eigenvalue weighted by Gasteiger charge is -2.48. The molecule has 2 atom stereocenters. The Kier molecular flexibility index (Phi) is 13.2. The van der Waals surface area contributed by atoms with Gasteiger partial charge in [-0.25, -0.2) is 33.3 Å². The molecule has 6 aliphatic rings. The Morgan fingerprint density at radius 1 is 0.779 bits per heavy atom. The highest BCUT2D eigenvalue weighted by Gasteiger charge is 2.52. The minimum Gasteiger partial charge on any atom is -0.450 e. The van der Waals surface area contributed by atoms with Crippen LogP contribution in [-0.4, -0.2) is 160 Å². The van der Waals surface area contributed by atoms with Crippen LogP contribution in [0.3, 0.4) is 0 Å². The van der Waals surface area contributed by atoms with Crippen molar-refractivity contribution in [1.29, 1.82) is 0 Å². The molecule has 4 aromatic heterocycles. The summed E-state index contributed by atoms with van der Waals surface area (Å²) in [4.78, 5) is 57.9. The van der Waals surface area contributed by atoms with Crippen LogP contribution in [0, 0.1) is 22.5 Å². The van der Waals surface area contributed by atoms with Gasteiger partial charge < -0.3 is 39.5 Å². The number of carbonyl (C=O) groups is 2. The van der Waals surface area contributed by atoms with Crippen LogP contribution in [0.4, 0.5) is 35.7 Å². The van der Waals surface area contributed by atoms with E-state index in [2.05, 4.69) is 39.9 Å². The molecule has 8 heterocycles. The van der Waals surface area contributed by atoms with Gasteiger partial charge in [-0.1, -0.05) is 0 Å². The van der Waals surface area contributed by atoms with E-state index in [1.807, 2.05) is 37.1 Å². The van der Waals surface area contributed by atoms with E-state index in [0.29, 0.717) is 67.8 Å². The van der Waals surface area contributed by atoms with Crippen molar-refractivity contribution in [1.82, 2.24) is 39.5 Å². The van der Waals surface area contributed by atoms with Crippen LogP contribution in [0.5, 0.6) is 0 Å². The van der Waals surface area contributed by atoms with Crippen LogP contribution in [-0.2, 0) is 22.7 Å². The molecular formula is C49H63F2N11O5S. The molecule has 19 heteroatoms. The molecule has 2 amide bonds. The second kappa shape index (κ2) is 19.3. The van der Waals surface area contributed by atoms with Gasteiger partial charge in [0.15, 0.2) is 0 Å². The van der Waals surface area contributed by atoms with Gasteiger partial charge in [0.05, 0.1) is 42.2 Å². The van der Waals surface area contributed by atoms with Crippen LogP contribution < -0.4 is 15.1 Å². The number of nitrogens with zero attached hydrogens (tertiary/aromatic N) is 10. The number of amides is 2. The summed E-state index contributed by atoms with van der Waals surface area (Å²) >= 11 is 1.47. The number of aliphatic hydroxyl groups excluding tert-OH is 1. The Morgan fingerprint density at radius 3 is 1.90 bits per heavy atom. The maximum Gasteiger partial charge on any atom is 0.410 e. The van der Waals surface area contributed by atoms with Gasteiger partial charge >= 0.3 is 12.2 Å². The second-order valence-electron chi connectivity index (χ2n) is 20.2. The van der Waals surface area contributed by atoms with Crippen LogP contribution >= 0.6 is 11.3 Å². The highest BCUT2D eigenvalue weighted by Crippen LogP contribution is 2.49. The van der Waals surface area contributed by atoms with E-state index in [9.17, 15) is 19.1 Å². The van der Waals surface area contributed by atoms with Crippen LogP contribution in [0.25, 0.3) is 22.5 Å². The number of rotatable bonds is 12. The summed E-state index contributed by atoms with van der Waals surface area (Å²) in [6.07, 6.45) is 10.3. The summed E-state index contributed by atoms with van der Waals surface area (Å²) in [6, 6.07) is 5.99. The molecule has 68 heavy (non-hydrogen) atoms. The predicted octanol–water partition coefficient (Wildman–Crippen LogP) is 6.70. The van der Waals surface area contributed by atoms with Crippen LogP contribution in [0.2, 0.25) is 0 Å². The maximum atomic E-state index is 16.1. The first-order valence-corrected chi connectivity index (χ1v) is 25.2. The summed E-state index contributed by atoms with van der Waals surface area (Å²) in [6.45, 7) is 14.9. The Balaban J connectivity index is 0.739. The summed E-state index contributed by atoms with van der Waals surface area (Å²) < 4.78 is 41.6. The third kappa shape index (κ3) is 9.55. The van der Waals surface area contributed by atoms with Gasteiger partial charge in [0, 0.05) is 153 Å². The number of hydrogen-bond acceptors (Lipinski definition) is 15. The fourth-order valence-corrected chi connectivity index (χ4v) is 12.5. The summed E-state index contributed by atoms with van der Waals surface area (Å²) in [5, 5.41) is 14.8. The lowest BCUT2D eigenvalue weighted by Crippen LogP contribution is -2.58. The van der Waals surface area contributed by atoms with Crippen molar-refractivity contribution in [2.75, 3.05) is 100 Å². The number of likely N-dealkylation sites (tertiary alicyclic amines) is 2. The largest absolute Gasteiger partial charge is 0.450 e. The van der Waals surface area contributed by atoms with Crippen molar-refractivity contribution < 1.29 is 33.0 Å². The summed E-state index contributed by atoms with van der Waals surface area (Å²) in [5.41, 5.74) is 4.50. The monoisotopic (exact) mass is 955 g/mol. The van der Waals surface area contributed by atoms with Gasteiger partial charge in [-0.2, -0.15) is 0 Å². The molecule has 6 fully saturated rings. The summed E-state index contributed by atoms with van der Waals surface area (Å²) in [7, 11) is 0. The van der Waals surface area contributed by atoms with Gasteiger partial charge in [-0.3, -0.25) is 14.8 Å². The SMILES string of the molecule is CCOC(=O)N1CC2(CC[C@@H](N3CCN(c4cc(F)c(COC(=O)N5CC6(CC[C@@H](N7CCN(c8cc(F)cnc8-c8csc(CO)c8)CC7)C6)C5)nc4-c4cnc(NC(C)C)nc4)CC3)C2)C1. The summed E-state index contributed by atoms with van der Waals surface area (Å²) in [5.74, 6) is -0.409. The van der Waals surface area contributed by atoms with E-state index < -0.39 is 11.9 Å². The standard InChI is InChI=1S/C49H63F2N11O5S/c1-4-66-46(64)61-28-48(29-61)7-5-36(20-48)58-11-15-60(16-12-58)42-19-39(51)40(56-44(42)34-22-53-45(54-23-34)55-32(2)3)26-67-47(65)62-30-49(31-62)8-6-37(21-49)57-9-13-59(14-10-57)41-18-35(50)24-52-43(41)33-17-38(25-63)68-27-33/h17-19,22-24,27,32,36-37,63H,4-16,20-21,25-26,28-31H2,1-3H3,(H,53,54,55)/t36-,37-/m1/s1. The van der Waals surface area contributed by atoms with Gasteiger partial charge in [-0.15, -0.1) is 11.3 Å². The molecule has 0 radical (unpaired) electrons. The average molecular weight is 956 g/mol. The third-order valence-corrected chi connectivity index (χ3v) is 16.1. The Morgan fingerprint density at radius 2 is 1.35 bits per heavy atom. The first kappa shape index (κ1) is 46.5. The fourth-order valence-electron chi connectivity index (χ4n) is 11.8. The molecule has 0 aromatic carbocycles. The number of ether oxygens (including phenoxy) is 2. The molecule has 2 spiro atoms. The number of pyridine rings is 2. The number of halogens is 2. The zero-order chi connectivity index (χ0) is 47.2. The highest BCUT2D eigenvalue weighted by molar-refractivity contribution is 7.10. The van der Waals surface area contributed by atoms with Gasteiger partial charge in [0.2, 0.25) is 5.95 Å². The molecule has 2 saturated carbocycles. The smallest absolute Gasteiger partial charge is 0.410 e. The number of hydrogen-bond donors (Lipinski definition) is 2. The quantitative estimate of drug-likeness (QED) is 0.155. The molecule has 2 aliphatic carbocycles. The lowest BCUT2D eigenvalue weighted by atomic mass is 9.78. The molecule has 16 nitrogen and oxygen atoms in total. The van der Waals surface area contributed by atoms with E-state index >= 15 is 4.39 Å². The molecule has 10 rings (SSSR count). The first-order chi connectivity index (χ1) is 32.9. The fraction of sp³-hybridized carbons (Fsp3) is 0.592. The average Bonchev–Trinajstić information content (AvgIpc) is 4.11. The lowest BCUT2D eigenvalue weighted by molar-refractivity contribution is -0.00732. The van der Waals surface area contributed by atoms with Gasteiger partial charge in [0.1, 0.15) is 23.9 Å². The number of aliphatic hydroxyl groups is 1. The topological polar surface area (TPSA) is 156 Å². The van der Waals surface area contributed by atoms with Gasteiger partial charge in [0.25, 0.3) is 0 Å². The van der Waals surface area contributed by atoms with Crippen molar-refractivity contribution in [3.63, 3.8) is 0 Å². The Bertz CT molecular complexity index is 2450. The van der Waals surface area contributed by atoms with Crippen molar-refractivity contribution in [3.8, 4) is 22.5 Å². The van der Waals surface area contributed by atoms with E-state index in [1.165, 1.54) is 23.6 Å². The highest BCUT2D eigenvalue weighted by atomic mass is 32.1. The minimum absolute atomic E-state index is 0.0322. The predicted molar refractivity (Wildman–Crippen MR) is 255 cm³/mol. The maximum absolute atomic E-state index is 16.1. The Hall–Kier alpha value is -5.24. The molecule has 4 saturated heterocycles. The molecule has 2 N–H and O–H groups in total. The number of anilines is 3. The third-order valence-electron chi connectivity index (χ3n) is 15.2. The molecule has 0 bridgehead atoms. The first-order valence-electron chi connectivity index (χ1n) is 24.3. The van der Waals surface area contributed by atoms with Gasteiger partial charge in [-0.05, 0) is 65.4 Å². The second-order valence-corrected chi connectivity index (χ2v) is 21.2. The van der Waals surface area contributed by atoms with Crippen molar-refractivity contribution in [2.24, 2.45) is 10.8 Å². The Labute approximate surface area is 400 Å². The molecule has 4 aliphatic heterocycles. The van der Waals surface area contributed by atoms with E-state index in [4.69, 9.17) is 14.5 Å². The van der Waals surface area contributed by atoms with E-state index in [0.717, 1.165) is 113 Å². The van der Waals surface area contributed by atoms with Crippen LogP contribution in [0.1, 0.15) is 69.9 Å². The van der Waals surface area contributed by atoms with E-state index in [-0.39, 0.29) is 47.7 Å². The molecule has 4 aromatic rings. The normalized spacial score (nSPS) is 22.5. The molecule has 0 unspecified atom stereocenters. The van der Waals surface area contributed by atoms with E-state index in [1.54, 1.807) is 23.4 Å². The zero-order valence-corrected chi connectivity index (χ0v) is 40.2.